The minimum Gasteiger partial charge on any atom is -0.495 e. The Hall–Kier alpha value is -3.00. The number of anilines is 3. The smallest absolute Gasteiger partial charge is 0.266 e. The largest absolute Gasteiger partial charge is 0.495 e. The van der Waals surface area contributed by atoms with E-state index in [0.717, 1.165) is 5.56 Å². The van der Waals surface area contributed by atoms with Gasteiger partial charge in [-0.25, -0.2) is 4.98 Å². The summed E-state index contributed by atoms with van der Waals surface area (Å²) < 4.78 is 10.5. The van der Waals surface area contributed by atoms with Crippen LogP contribution in [0.3, 0.4) is 0 Å². The number of halogens is 1. The van der Waals surface area contributed by atoms with E-state index >= 15 is 0 Å². The number of carbonyl (C=O) groups is 2. The molecule has 8 nitrogen and oxygen atoms in total. The molecule has 1 aliphatic rings. The monoisotopic (exact) mass is 376 g/mol. The highest BCUT2D eigenvalue weighted by Crippen LogP contribution is 2.32. The van der Waals surface area contributed by atoms with Crippen LogP contribution < -0.4 is 25.4 Å². The van der Waals surface area contributed by atoms with Gasteiger partial charge in [0.05, 0.1) is 12.8 Å². The number of aryl methyl sites for hydroxylation is 1. The Balaban J connectivity index is 1.82. The van der Waals surface area contributed by atoms with Gasteiger partial charge in [0.15, 0.2) is 18.2 Å². The molecule has 0 aliphatic carbocycles. The SMILES string of the molecule is COc1cc(Cl)c(C)cc1NC(=O)CN1C(=O)COc2ccc(N)nc21. The number of hydrogen-bond donors (Lipinski definition) is 2. The van der Waals surface area contributed by atoms with Gasteiger partial charge in [-0.15, -0.1) is 0 Å². The van der Waals surface area contributed by atoms with E-state index in [-0.39, 0.29) is 30.7 Å². The zero-order valence-electron chi connectivity index (χ0n) is 14.2. The molecule has 0 fully saturated rings. The van der Waals surface area contributed by atoms with E-state index in [1.807, 2.05) is 6.92 Å². The van der Waals surface area contributed by atoms with E-state index in [1.165, 1.54) is 12.0 Å². The van der Waals surface area contributed by atoms with Gasteiger partial charge in [0.25, 0.3) is 5.91 Å². The van der Waals surface area contributed by atoms with Gasteiger partial charge < -0.3 is 20.5 Å². The summed E-state index contributed by atoms with van der Waals surface area (Å²) in [6.07, 6.45) is 0. The summed E-state index contributed by atoms with van der Waals surface area (Å²) in [5, 5.41) is 3.25. The van der Waals surface area contributed by atoms with Crippen molar-refractivity contribution in [2.45, 2.75) is 6.92 Å². The van der Waals surface area contributed by atoms with Crippen LogP contribution in [0.4, 0.5) is 17.3 Å². The molecule has 26 heavy (non-hydrogen) atoms. The molecule has 0 bridgehead atoms. The van der Waals surface area contributed by atoms with E-state index in [2.05, 4.69) is 10.3 Å². The molecule has 1 aromatic carbocycles. The number of nitrogens with two attached hydrogens (primary N) is 1. The average molecular weight is 377 g/mol. The van der Waals surface area contributed by atoms with Gasteiger partial charge in [-0.3, -0.25) is 14.5 Å². The van der Waals surface area contributed by atoms with E-state index in [1.54, 1.807) is 24.3 Å². The van der Waals surface area contributed by atoms with Crippen LogP contribution in [0.25, 0.3) is 0 Å². The van der Waals surface area contributed by atoms with Gasteiger partial charge >= 0.3 is 0 Å². The first-order chi connectivity index (χ1) is 12.4. The highest BCUT2D eigenvalue weighted by molar-refractivity contribution is 6.31. The molecule has 2 amide bonds. The number of nitrogens with one attached hydrogen (secondary N) is 1. The number of nitrogen functional groups attached to an aromatic ring is 1. The molecule has 3 N–H and O–H groups in total. The second-order valence-electron chi connectivity index (χ2n) is 5.68. The molecule has 2 aromatic rings. The van der Waals surface area contributed by atoms with Crippen molar-refractivity contribution in [3.8, 4) is 11.5 Å². The van der Waals surface area contributed by atoms with Gasteiger partial charge in [-0.05, 0) is 30.7 Å². The van der Waals surface area contributed by atoms with Crippen molar-refractivity contribution in [3.05, 3.63) is 34.9 Å². The molecule has 0 unspecified atom stereocenters. The summed E-state index contributed by atoms with van der Waals surface area (Å²) in [6.45, 7) is 1.40. The molecule has 0 saturated carbocycles. The number of amides is 2. The first-order valence-corrected chi connectivity index (χ1v) is 8.10. The molecule has 1 aromatic heterocycles. The Morgan fingerprint density at radius 1 is 1.46 bits per heavy atom. The maximum Gasteiger partial charge on any atom is 0.266 e. The first-order valence-electron chi connectivity index (χ1n) is 7.72. The minimum absolute atomic E-state index is 0.171. The highest BCUT2D eigenvalue weighted by atomic mass is 35.5. The fourth-order valence-corrected chi connectivity index (χ4v) is 2.67. The van der Waals surface area contributed by atoms with Crippen LogP contribution in [-0.4, -0.2) is 37.1 Å². The lowest BCUT2D eigenvalue weighted by Gasteiger charge is -2.27. The van der Waals surface area contributed by atoms with Crippen LogP contribution in [-0.2, 0) is 9.59 Å². The third-order valence-corrected chi connectivity index (χ3v) is 4.23. The van der Waals surface area contributed by atoms with Gasteiger partial charge in [-0.2, -0.15) is 0 Å². The Morgan fingerprint density at radius 3 is 2.96 bits per heavy atom. The van der Waals surface area contributed by atoms with E-state index < -0.39 is 5.91 Å². The number of carbonyl (C=O) groups excluding carboxylic acids is 2. The fourth-order valence-electron chi connectivity index (χ4n) is 2.52. The summed E-state index contributed by atoms with van der Waals surface area (Å²) in [5.74, 6) is 0.454. The molecule has 1 aliphatic heterocycles. The predicted octanol–water partition coefficient (Wildman–Crippen LogP) is 2.00. The minimum atomic E-state index is -0.421. The molecule has 0 radical (unpaired) electrons. The number of aromatic nitrogens is 1. The second-order valence-corrected chi connectivity index (χ2v) is 6.08. The van der Waals surface area contributed by atoms with Crippen LogP contribution in [0.1, 0.15) is 5.56 Å². The Kier molecular flexibility index (Phi) is 4.85. The van der Waals surface area contributed by atoms with E-state index in [0.29, 0.717) is 22.2 Å². The predicted molar refractivity (Wildman–Crippen MR) is 97.9 cm³/mol. The summed E-state index contributed by atoms with van der Waals surface area (Å²) >= 11 is 6.07. The Bertz CT molecular complexity index is 887. The van der Waals surface area contributed by atoms with Crippen LogP contribution in [0, 0.1) is 6.92 Å². The van der Waals surface area contributed by atoms with Gasteiger partial charge in [0.2, 0.25) is 5.91 Å². The molecule has 3 rings (SSSR count). The number of nitrogens with zero attached hydrogens (tertiary/aromatic N) is 2. The highest BCUT2D eigenvalue weighted by Gasteiger charge is 2.29. The summed E-state index contributed by atoms with van der Waals surface area (Å²) in [7, 11) is 1.48. The molecule has 2 heterocycles. The number of benzene rings is 1. The molecule has 0 atom stereocenters. The van der Waals surface area contributed by atoms with Crippen molar-refractivity contribution in [2.75, 3.05) is 36.2 Å². The van der Waals surface area contributed by atoms with Crippen LogP contribution >= 0.6 is 11.6 Å². The lowest BCUT2D eigenvalue weighted by molar-refractivity contribution is -0.123. The maximum absolute atomic E-state index is 12.5. The van der Waals surface area contributed by atoms with Gasteiger partial charge in [-0.1, -0.05) is 11.6 Å². The van der Waals surface area contributed by atoms with Crippen LogP contribution in [0.15, 0.2) is 24.3 Å². The molecular formula is C17H17ClN4O4. The lowest BCUT2D eigenvalue weighted by atomic mass is 10.2. The molecule has 0 saturated heterocycles. The van der Waals surface area contributed by atoms with Crippen molar-refractivity contribution < 1.29 is 19.1 Å². The molecule has 136 valence electrons. The van der Waals surface area contributed by atoms with Crippen molar-refractivity contribution >= 4 is 40.7 Å². The van der Waals surface area contributed by atoms with Crippen molar-refractivity contribution in [3.63, 3.8) is 0 Å². The normalized spacial score (nSPS) is 13.0. The lowest BCUT2D eigenvalue weighted by Crippen LogP contribution is -2.44. The van der Waals surface area contributed by atoms with Crippen LogP contribution in [0.2, 0.25) is 5.02 Å². The van der Waals surface area contributed by atoms with E-state index in [4.69, 9.17) is 26.8 Å². The van der Waals surface area contributed by atoms with Gasteiger partial charge in [0, 0.05) is 11.1 Å². The van der Waals surface area contributed by atoms with Crippen molar-refractivity contribution in [1.29, 1.82) is 0 Å². The van der Waals surface area contributed by atoms with Crippen molar-refractivity contribution in [1.82, 2.24) is 4.98 Å². The number of rotatable bonds is 4. The maximum atomic E-state index is 12.5. The number of hydrogen-bond acceptors (Lipinski definition) is 6. The standard InChI is InChI=1S/C17H17ClN4O4/c1-9-5-11(13(25-2)6-10(9)18)20-15(23)7-22-16(24)8-26-12-3-4-14(19)21-17(12)22/h3-6H,7-8H2,1-2H3,(H2,19,21)(H,20,23). The summed E-state index contributed by atoms with van der Waals surface area (Å²) in [4.78, 5) is 30.0. The van der Waals surface area contributed by atoms with Crippen molar-refractivity contribution in [2.24, 2.45) is 0 Å². The molecule has 9 heteroatoms. The third kappa shape index (κ3) is 3.50. The van der Waals surface area contributed by atoms with E-state index in [9.17, 15) is 9.59 Å². The summed E-state index contributed by atoms with van der Waals surface area (Å²) in [5.41, 5.74) is 6.92. The van der Waals surface area contributed by atoms with Crippen LogP contribution in [0.5, 0.6) is 11.5 Å². The first kappa shape index (κ1) is 17.8. The average Bonchev–Trinajstić information content (AvgIpc) is 2.60. The number of methoxy groups -OCH3 is 1. The number of pyridine rings is 1. The molecule has 0 spiro atoms. The summed E-state index contributed by atoms with van der Waals surface area (Å²) in [6, 6.07) is 6.49. The third-order valence-electron chi connectivity index (χ3n) is 3.83. The second kappa shape index (κ2) is 7.09. The Labute approximate surface area is 154 Å². The van der Waals surface area contributed by atoms with Gasteiger partial charge in [0.1, 0.15) is 18.1 Å². The fraction of sp³-hybridized carbons (Fsp3) is 0.235. The quantitative estimate of drug-likeness (QED) is 0.845. The number of ether oxygens (including phenoxy) is 2. The zero-order chi connectivity index (χ0) is 18.8. The molecular weight excluding hydrogens is 360 g/mol. The number of fused-ring (bicyclic) bond motifs is 1. The Morgan fingerprint density at radius 2 is 2.23 bits per heavy atom. The topological polar surface area (TPSA) is 107 Å². The zero-order valence-corrected chi connectivity index (χ0v) is 15.0.